The van der Waals surface area contributed by atoms with E-state index in [1.807, 2.05) is 24.3 Å². The first kappa shape index (κ1) is 17.8. The van der Waals surface area contributed by atoms with Gasteiger partial charge in [0.1, 0.15) is 12.4 Å². The number of piperidine rings is 1. The third-order valence-corrected chi connectivity index (χ3v) is 4.32. The van der Waals surface area contributed by atoms with Gasteiger partial charge in [-0.25, -0.2) is 0 Å². The fourth-order valence-electron chi connectivity index (χ4n) is 2.78. The van der Waals surface area contributed by atoms with Crippen LogP contribution in [-0.4, -0.2) is 56.2 Å². The Hall–Kier alpha value is -1.59. The summed E-state index contributed by atoms with van der Waals surface area (Å²) in [6.07, 6.45) is 2.16. The van der Waals surface area contributed by atoms with Crippen molar-refractivity contribution in [3.05, 3.63) is 29.8 Å². The van der Waals surface area contributed by atoms with Crippen molar-refractivity contribution in [2.75, 3.05) is 39.3 Å². The second-order valence-electron chi connectivity index (χ2n) is 5.92. The maximum atomic E-state index is 12.2. The molecule has 1 aliphatic heterocycles. The number of nitrogens with one attached hydrogen (secondary N) is 2. The normalized spacial score (nSPS) is 18.0. The summed E-state index contributed by atoms with van der Waals surface area (Å²) in [5.74, 6) is 0.807. The molecule has 1 amide bonds. The molecule has 5 heteroatoms. The number of carbonyl (C=O) groups excluding carboxylic acids is 1. The quantitative estimate of drug-likeness (QED) is 0.768. The second kappa shape index (κ2) is 9.53. The summed E-state index contributed by atoms with van der Waals surface area (Å²) >= 11 is 0. The van der Waals surface area contributed by atoms with Crippen LogP contribution in [0.4, 0.5) is 0 Å². The van der Waals surface area contributed by atoms with E-state index >= 15 is 0 Å². The van der Waals surface area contributed by atoms with Crippen LogP contribution in [0.15, 0.2) is 24.3 Å². The molecule has 128 valence electrons. The van der Waals surface area contributed by atoms with Gasteiger partial charge in [-0.15, -0.1) is 0 Å². The Morgan fingerprint density at radius 3 is 2.65 bits per heavy atom. The first-order valence-corrected chi connectivity index (χ1v) is 8.69. The van der Waals surface area contributed by atoms with E-state index in [2.05, 4.69) is 29.4 Å². The molecule has 5 nitrogen and oxygen atoms in total. The van der Waals surface area contributed by atoms with E-state index in [1.165, 1.54) is 0 Å². The number of ether oxygens (including phenoxy) is 1. The summed E-state index contributed by atoms with van der Waals surface area (Å²) in [5.41, 5.74) is 0.687. The van der Waals surface area contributed by atoms with Crippen molar-refractivity contribution >= 4 is 5.91 Å². The van der Waals surface area contributed by atoms with Gasteiger partial charge in [0.25, 0.3) is 5.91 Å². The fraction of sp³-hybridized carbons (Fsp3) is 0.611. The second-order valence-corrected chi connectivity index (χ2v) is 5.92. The summed E-state index contributed by atoms with van der Waals surface area (Å²) in [7, 11) is 0. The molecule has 0 unspecified atom stereocenters. The summed E-state index contributed by atoms with van der Waals surface area (Å²) < 4.78 is 5.74. The van der Waals surface area contributed by atoms with Crippen LogP contribution in [0.2, 0.25) is 0 Å². The molecule has 2 rings (SSSR count). The lowest BCUT2D eigenvalue weighted by atomic mass is 10.1. The summed E-state index contributed by atoms with van der Waals surface area (Å²) in [6, 6.07) is 7.64. The maximum Gasteiger partial charge on any atom is 0.251 e. The van der Waals surface area contributed by atoms with Crippen LogP contribution in [-0.2, 0) is 0 Å². The Morgan fingerprint density at radius 2 is 2.04 bits per heavy atom. The average molecular weight is 319 g/mol. The average Bonchev–Trinajstić information content (AvgIpc) is 2.60. The Morgan fingerprint density at radius 1 is 1.30 bits per heavy atom. The first-order chi connectivity index (χ1) is 11.2. The third-order valence-electron chi connectivity index (χ3n) is 4.32. The lowest BCUT2D eigenvalue weighted by molar-refractivity contribution is 0.0930. The van der Waals surface area contributed by atoms with Crippen molar-refractivity contribution in [3.8, 4) is 5.75 Å². The van der Waals surface area contributed by atoms with E-state index in [0.29, 0.717) is 12.2 Å². The fourth-order valence-corrected chi connectivity index (χ4v) is 2.78. The molecule has 1 saturated heterocycles. The van der Waals surface area contributed by atoms with Crippen LogP contribution < -0.4 is 15.4 Å². The Kier molecular flexibility index (Phi) is 7.36. The Balaban J connectivity index is 1.78. The molecular weight excluding hydrogens is 290 g/mol. The standard InChI is InChI=1S/C18H29N3O2/c1-3-21(4-2)12-13-23-17-9-7-15(8-10-17)18(22)20-16-6-5-11-19-14-16/h7-10,16,19H,3-6,11-14H2,1-2H3,(H,20,22)/t16-/m0/s1. The molecule has 1 aliphatic rings. The van der Waals surface area contributed by atoms with Crippen molar-refractivity contribution in [2.24, 2.45) is 0 Å². The molecule has 23 heavy (non-hydrogen) atoms. The number of benzene rings is 1. The highest BCUT2D eigenvalue weighted by Gasteiger charge is 2.16. The number of hydrogen-bond acceptors (Lipinski definition) is 4. The molecule has 1 aromatic rings. The van der Waals surface area contributed by atoms with E-state index in [4.69, 9.17) is 4.74 Å². The number of likely N-dealkylation sites (N-methyl/N-ethyl adjacent to an activating group) is 1. The smallest absolute Gasteiger partial charge is 0.251 e. The highest BCUT2D eigenvalue weighted by atomic mass is 16.5. The maximum absolute atomic E-state index is 12.2. The molecule has 0 spiro atoms. The Labute approximate surface area is 139 Å². The van der Waals surface area contributed by atoms with Gasteiger partial charge >= 0.3 is 0 Å². The minimum Gasteiger partial charge on any atom is -0.492 e. The molecule has 0 radical (unpaired) electrons. The zero-order valence-corrected chi connectivity index (χ0v) is 14.3. The zero-order valence-electron chi connectivity index (χ0n) is 14.3. The molecule has 0 aliphatic carbocycles. The number of rotatable bonds is 8. The zero-order chi connectivity index (χ0) is 16.5. The SMILES string of the molecule is CCN(CC)CCOc1ccc(C(=O)N[C@H]2CCCNC2)cc1. The van der Waals surface area contributed by atoms with Crippen LogP contribution in [0.5, 0.6) is 5.75 Å². The molecule has 1 fully saturated rings. The van der Waals surface area contributed by atoms with Crippen LogP contribution in [0.1, 0.15) is 37.0 Å². The van der Waals surface area contributed by atoms with Crippen molar-refractivity contribution in [3.63, 3.8) is 0 Å². The topological polar surface area (TPSA) is 53.6 Å². The van der Waals surface area contributed by atoms with Gasteiger partial charge in [0.2, 0.25) is 0 Å². The predicted molar refractivity (Wildman–Crippen MR) is 93.1 cm³/mol. The molecule has 0 bridgehead atoms. The van der Waals surface area contributed by atoms with Gasteiger partial charge in [0, 0.05) is 24.7 Å². The highest BCUT2D eigenvalue weighted by Crippen LogP contribution is 2.13. The van der Waals surface area contributed by atoms with E-state index in [9.17, 15) is 4.79 Å². The molecule has 1 atom stereocenters. The van der Waals surface area contributed by atoms with Gasteiger partial charge in [-0.05, 0) is 56.7 Å². The molecular formula is C18H29N3O2. The van der Waals surface area contributed by atoms with E-state index < -0.39 is 0 Å². The third kappa shape index (κ3) is 5.84. The van der Waals surface area contributed by atoms with Crippen LogP contribution >= 0.6 is 0 Å². The number of carbonyl (C=O) groups is 1. The number of nitrogens with zero attached hydrogens (tertiary/aromatic N) is 1. The van der Waals surface area contributed by atoms with Crippen LogP contribution in [0, 0.1) is 0 Å². The van der Waals surface area contributed by atoms with Gasteiger partial charge < -0.3 is 20.3 Å². The first-order valence-electron chi connectivity index (χ1n) is 8.69. The predicted octanol–water partition coefficient (Wildman–Crippen LogP) is 1.89. The van der Waals surface area contributed by atoms with Crippen molar-refractivity contribution in [1.82, 2.24) is 15.5 Å². The molecule has 0 aromatic heterocycles. The molecule has 1 heterocycles. The minimum absolute atomic E-state index is 0.00612. The van der Waals surface area contributed by atoms with Gasteiger partial charge in [-0.2, -0.15) is 0 Å². The van der Waals surface area contributed by atoms with Crippen LogP contribution in [0.3, 0.4) is 0 Å². The van der Waals surface area contributed by atoms with E-state index in [1.54, 1.807) is 0 Å². The lowest BCUT2D eigenvalue weighted by Crippen LogP contribution is -2.45. The van der Waals surface area contributed by atoms with E-state index in [-0.39, 0.29) is 11.9 Å². The largest absolute Gasteiger partial charge is 0.492 e. The number of hydrogen-bond donors (Lipinski definition) is 2. The summed E-state index contributed by atoms with van der Waals surface area (Å²) in [4.78, 5) is 14.5. The van der Waals surface area contributed by atoms with Gasteiger partial charge in [0.05, 0.1) is 0 Å². The molecule has 1 aromatic carbocycles. The highest BCUT2D eigenvalue weighted by molar-refractivity contribution is 5.94. The summed E-state index contributed by atoms with van der Waals surface area (Å²) in [5, 5.41) is 6.38. The van der Waals surface area contributed by atoms with Crippen LogP contribution in [0.25, 0.3) is 0 Å². The van der Waals surface area contributed by atoms with E-state index in [0.717, 1.165) is 51.3 Å². The molecule has 2 N–H and O–H groups in total. The van der Waals surface area contributed by atoms with Crippen molar-refractivity contribution in [1.29, 1.82) is 0 Å². The van der Waals surface area contributed by atoms with Crippen molar-refractivity contribution in [2.45, 2.75) is 32.7 Å². The Bertz CT molecular complexity index is 466. The van der Waals surface area contributed by atoms with Gasteiger partial charge in [-0.1, -0.05) is 13.8 Å². The van der Waals surface area contributed by atoms with Gasteiger partial charge in [-0.3, -0.25) is 4.79 Å². The molecule has 0 saturated carbocycles. The lowest BCUT2D eigenvalue weighted by Gasteiger charge is -2.23. The van der Waals surface area contributed by atoms with Gasteiger partial charge in [0.15, 0.2) is 0 Å². The monoisotopic (exact) mass is 319 g/mol. The van der Waals surface area contributed by atoms with Crippen molar-refractivity contribution < 1.29 is 9.53 Å². The minimum atomic E-state index is -0.00612. The number of amides is 1. The summed E-state index contributed by atoms with van der Waals surface area (Å²) in [6.45, 7) is 9.87.